The highest BCUT2D eigenvalue weighted by Crippen LogP contribution is 2.21. The van der Waals surface area contributed by atoms with E-state index in [0.717, 1.165) is 25.9 Å². The Kier molecular flexibility index (Phi) is 6.69. The number of nitrogen functional groups attached to an aromatic ring is 1. The normalized spacial score (nSPS) is 14.2. The molecule has 2 amide bonds. The highest BCUT2D eigenvalue weighted by Gasteiger charge is 2.23. The zero-order valence-electron chi connectivity index (χ0n) is 17.4. The number of carboxylic acids is 1. The fourth-order valence-corrected chi connectivity index (χ4v) is 3.73. The summed E-state index contributed by atoms with van der Waals surface area (Å²) in [6.07, 6.45) is 1.68. The Balaban J connectivity index is 1.80. The van der Waals surface area contributed by atoms with Crippen molar-refractivity contribution in [2.45, 2.75) is 32.2 Å². The van der Waals surface area contributed by atoms with Gasteiger partial charge in [0, 0.05) is 29.8 Å². The molecule has 2 aromatic rings. The van der Waals surface area contributed by atoms with Gasteiger partial charge in [-0.15, -0.1) is 0 Å². The lowest BCUT2D eigenvalue weighted by Gasteiger charge is -2.19. The molecule has 0 aliphatic carbocycles. The molecule has 8 nitrogen and oxygen atoms in total. The number of likely N-dealkylation sites (tertiary alicyclic amines) is 1. The van der Waals surface area contributed by atoms with Gasteiger partial charge in [0.2, 0.25) is 0 Å². The number of amides is 2. The summed E-state index contributed by atoms with van der Waals surface area (Å²) in [5.74, 6) is -1.69. The number of nitrogens with zero attached hydrogens (tertiary/aromatic N) is 1. The van der Waals surface area contributed by atoms with Crippen molar-refractivity contribution >= 4 is 23.6 Å². The lowest BCUT2D eigenvalue weighted by molar-refractivity contribution is -0.137. The van der Waals surface area contributed by atoms with E-state index in [2.05, 4.69) is 5.32 Å². The fourth-order valence-electron chi connectivity index (χ4n) is 3.73. The van der Waals surface area contributed by atoms with Gasteiger partial charge in [-0.3, -0.25) is 19.8 Å². The smallest absolute Gasteiger partial charge is 0.305 e. The summed E-state index contributed by atoms with van der Waals surface area (Å²) in [6.45, 7) is 3.28. The van der Waals surface area contributed by atoms with E-state index in [-0.39, 0.29) is 18.2 Å². The minimum Gasteiger partial charge on any atom is -0.481 e. The first-order valence-corrected chi connectivity index (χ1v) is 10.1. The molecule has 3 rings (SSSR count). The Labute approximate surface area is 180 Å². The molecule has 1 fully saturated rings. The van der Waals surface area contributed by atoms with E-state index in [9.17, 15) is 19.5 Å². The number of amidine groups is 1. The Morgan fingerprint density at radius 1 is 1.13 bits per heavy atom. The average Bonchev–Trinajstić information content (AvgIpc) is 3.27. The van der Waals surface area contributed by atoms with Crippen molar-refractivity contribution < 1.29 is 19.5 Å². The van der Waals surface area contributed by atoms with Crippen LogP contribution < -0.4 is 11.1 Å². The molecule has 1 aliphatic heterocycles. The maximum Gasteiger partial charge on any atom is 0.305 e. The molecule has 0 radical (unpaired) electrons. The molecule has 162 valence electrons. The number of nitrogens with two attached hydrogens (primary N) is 1. The molecule has 1 unspecified atom stereocenters. The number of carboxylic acid groups (broad SMARTS) is 1. The minimum atomic E-state index is -1.07. The molecule has 31 heavy (non-hydrogen) atoms. The largest absolute Gasteiger partial charge is 0.481 e. The van der Waals surface area contributed by atoms with Crippen LogP contribution in [0.25, 0.3) is 0 Å². The van der Waals surface area contributed by atoms with Crippen LogP contribution in [0.3, 0.4) is 0 Å². The van der Waals surface area contributed by atoms with Gasteiger partial charge in [0.15, 0.2) is 0 Å². The maximum atomic E-state index is 12.9. The Morgan fingerprint density at radius 2 is 1.84 bits per heavy atom. The third-order valence-corrected chi connectivity index (χ3v) is 5.40. The first-order valence-electron chi connectivity index (χ1n) is 10.1. The molecule has 1 atom stereocenters. The Hall–Kier alpha value is -3.68. The number of hydrogen-bond acceptors (Lipinski definition) is 4. The number of carbonyl (C=O) groups excluding carboxylic acids is 2. The molecule has 1 saturated heterocycles. The second-order valence-electron chi connectivity index (χ2n) is 7.69. The van der Waals surface area contributed by atoms with Crippen LogP contribution in [0.5, 0.6) is 0 Å². The van der Waals surface area contributed by atoms with Crippen molar-refractivity contribution in [1.82, 2.24) is 10.2 Å². The van der Waals surface area contributed by atoms with Crippen LogP contribution in [0.2, 0.25) is 0 Å². The van der Waals surface area contributed by atoms with Gasteiger partial charge < -0.3 is 21.1 Å². The number of nitrogens with one attached hydrogen (secondary N) is 2. The summed E-state index contributed by atoms with van der Waals surface area (Å²) in [5.41, 5.74) is 8.11. The third kappa shape index (κ3) is 5.28. The van der Waals surface area contributed by atoms with Crippen molar-refractivity contribution in [3.05, 3.63) is 70.3 Å². The van der Waals surface area contributed by atoms with Gasteiger partial charge in [-0.1, -0.05) is 18.2 Å². The van der Waals surface area contributed by atoms with Crippen molar-refractivity contribution in [1.29, 1.82) is 5.41 Å². The van der Waals surface area contributed by atoms with E-state index >= 15 is 0 Å². The topological polar surface area (TPSA) is 137 Å². The summed E-state index contributed by atoms with van der Waals surface area (Å²) >= 11 is 0. The summed E-state index contributed by atoms with van der Waals surface area (Å²) < 4.78 is 0. The number of hydrogen-bond donors (Lipinski definition) is 4. The molecular weight excluding hydrogens is 396 g/mol. The third-order valence-electron chi connectivity index (χ3n) is 5.40. The molecule has 2 aromatic carbocycles. The van der Waals surface area contributed by atoms with Gasteiger partial charge in [-0.25, -0.2) is 0 Å². The van der Waals surface area contributed by atoms with E-state index < -0.39 is 17.9 Å². The summed E-state index contributed by atoms with van der Waals surface area (Å²) in [6, 6.07) is 10.7. The zero-order chi connectivity index (χ0) is 22.5. The molecule has 0 bridgehead atoms. The molecule has 1 heterocycles. The van der Waals surface area contributed by atoms with Gasteiger partial charge in [0.25, 0.3) is 11.8 Å². The molecule has 0 spiro atoms. The van der Waals surface area contributed by atoms with E-state index in [1.165, 1.54) is 0 Å². The lowest BCUT2D eigenvalue weighted by Crippen LogP contribution is -2.31. The number of aliphatic carboxylic acids is 1. The lowest BCUT2D eigenvalue weighted by atomic mass is 9.99. The Bertz CT molecular complexity index is 1030. The second kappa shape index (κ2) is 9.42. The fraction of sp³-hybridized carbons (Fsp3) is 0.304. The number of carbonyl (C=O) groups is 3. The van der Waals surface area contributed by atoms with Crippen LogP contribution in [0, 0.1) is 12.3 Å². The monoisotopic (exact) mass is 422 g/mol. The van der Waals surface area contributed by atoms with Crippen LogP contribution in [-0.2, 0) is 4.79 Å². The van der Waals surface area contributed by atoms with Gasteiger partial charge in [0.1, 0.15) is 5.84 Å². The van der Waals surface area contributed by atoms with Gasteiger partial charge >= 0.3 is 5.97 Å². The van der Waals surface area contributed by atoms with Gasteiger partial charge in [0.05, 0.1) is 12.5 Å². The van der Waals surface area contributed by atoms with Gasteiger partial charge in [-0.2, -0.15) is 0 Å². The first-order chi connectivity index (χ1) is 14.8. The van der Waals surface area contributed by atoms with Crippen molar-refractivity contribution in [2.75, 3.05) is 13.1 Å². The van der Waals surface area contributed by atoms with Gasteiger partial charge in [-0.05, 0) is 55.2 Å². The van der Waals surface area contributed by atoms with Crippen molar-refractivity contribution in [3.8, 4) is 0 Å². The molecule has 5 N–H and O–H groups in total. The van der Waals surface area contributed by atoms with Crippen LogP contribution >= 0.6 is 0 Å². The minimum absolute atomic E-state index is 0.0354. The maximum absolute atomic E-state index is 12.9. The predicted molar refractivity (Wildman–Crippen MR) is 116 cm³/mol. The Morgan fingerprint density at radius 3 is 2.45 bits per heavy atom. The molecule has 0 aromatic heterocycles. The summed E-state index contributed by atoms with van der Waals surface area (Å²) in [7, 11) is 0. The standard InChI is InChI=1S/C23H26N4O4/c1-14-11-17(7-8-18(14)23(31)27-9-2-3-10-27)22(30)26-19(13-20(28)29)15-5-4-6-16(12-15)21(24)25/h4-8,11-12,19H,2-3,9-10,13H2,1H3,(H3,24,25)(H,26,30)(H,28,29). The summed E-state index contributed by atoms with van der Waals surface area (Å²) in [5, 5.41) is 19.6. The summed E-state index contributed by atoms with van der Waals surface area (Å²) in [4.78, 5) is 38.7. The van der Waals surface area contributed by atoms with E-state index in [4.69, 9.17) is 11.1 Å². The second-order valence-corrected chi connectivity index (χ2v) is 7.69. The van der Waals surface area contributed by atoms with Crippen molar-refractivity contribution in [2.24, 2.45) is 5.73 Å². The molecule has 0 saturated carbocycles. The average molecular weight is 422 g/mol. The van der Waals surface area contributed by atoms with Crippen LogP contribution in [0.4, 0.5) is 0 Å². The quantitative estimate of drug-likeness (QED) is 0.401. The van der Waals surface area contributed by atoms with Crippen molar-refractivity contribution in [3.63, 3.8) is 0 Å². The molecular formula is C23H26N4O4. The predicted octanol–water partition coefficient (Wildman–Crippen LogP) is 2.46. The molecule has 1 aliphatic rings. The highest BCUT2D eigenvalue weighted by molar-refractivity contribution is 5.99. The van der Waals surface area contributed by atoms with E-state index in [0.29, 0.717) is 27.8 Å². The van der Waals surface area contributed by atoms with E-state index in [1.807, 2.05) is 4.90 Å². The van der Waals surface area contributed by atoms with E-state index in [1.54, 1.807) is 49.4 Å². The van der Waals surface area contributed by atoms with Crippen LogP contribution in [-0.4, -0.2) is 46.7 Å². The molecule has 8 heteroatoms. The first kappa shape index (κ1) is 22.0. The zero-order valence-corrected chi connectivity index (χ0v) is 17.4. The SMILES string of the molecule is Cc1cc(C(=O)NC(CC(=O)O)c2cccc(C(=N)N)c2)ccc1C(=O)N1CCCC1. The number of benzene rings is 2. The van der Waals surface area contributed by atoms with Crippen LogP contribution in [0.1, 0.15) is 62.7 Å². The van der Waals surface area contributed by atoms with Crippen LogP contribution in [0.15, 0.2) is 42.5 Å². The number of aryl methyl sites for hydroxylation is 1. The highest BCUT2D eigenvalue weighted by atomic mass is 16.4. The number of rotatable bonds is 7.